The molecular weight excluding hydrogens is 190 g/mol. The minimum Gasteiger partial charge on any atom is -0.385 e. The lowest BCUT2D eigenvalue weighted by Gasteiger charge is -2.32. The molecule has 1 unspecified atom stereocenters. The van der Waals surface area contributed by atoms with Gasteiger partial charge in [-0.2, -0.15) is 0 Å². The third kappa shape index (κ3) is 6.88. The van der Waals surface area contributed by atoms with E-state index in [1.54, 1.807) is 14.2 Å². The molecule has 0 fully saturated rings. The van der Waals surface area contributed by atoms with Crippen LogP contribution in [0, 0.1) is 11.3 Å². The average molecular weight is 217 g/mol. The summed E-state index contributed by atoms with van der Waals surface area (Å²) in [6.45, 7) is 10.5. The molecule has 0 aromatic rings. The summed E-state index contributed by atoms with van der Waals surface area (Å²) in [5, 5.41) is 3.42. The summed E-state index contributed by atoms with van der Waals surface area (Å²) in [5.74, 6) is 0.660. The maximum atomic E-state index is 5.11. The van der Waals surface area contributed by atoms with Gasteiger partial charge in [0.25, 0.3) is 0 Å². The molecule has 0 rings (SSSR count). The van der Waals surface area contributed by atoms with Gasteiger partial charge in [0.1, 0.15) is 0 Å². The molecule has 0 aromatic heterocycles. The predicted molar refractivity (Wildman–Crippen MR) is 64.2 cm³/mol. The van der Waals surface area contributed by atoms with Crippen molar-refractivity contribution in [3.8, 4) is 0 Å². The van der Waals surface area contributed by atoms with Crippen molar-refractivity contribution in [1.82, 2.24) is 5.32 Å². The van der Waals surface area contributed by atoms with Gasteiger partial charge < -0.3 is 14.8 Å². The largest absolute Gasteiger partial charge is 0.385 e. The summed E-state index contributed by atoms with van der Waals surface area (Å²) in [6, 6.07) is 0. The molecule has 0 saturated heterocycles. The van der Waals surface area contributed by atoms with Crippen molar-refractivity contribution in [2.45, 2.75) is 27.2 Å². The molecule has 3 heteroatoms. The van der Waals surface area contributed by atoms with Crippen LogP contribution in [0.5, 0.6) is 0 Å². The van der Waals surface area contributed by atoms with Crippen molar-refractivity contribution >= 4 is 0 Å². The lowest BCUT2D eigenvalue weighted by atomic mass is 9.78. The monoisotopic (exact) mass is 217 g/mol. The first-order valence-electron chi connectivity index (χ1n) is 5.73. The lowest BCUT2D eigenvalue weighted by molar-refractivity contribution is 0.131. The highest BCUT2D eigenvalue weighted by Gasteiger charge is 2.24. The van der Waals surface area contributed by atoms with Gasteiger partial charge in [-0.1, -0.05) is 20.8 Å². The minimum atomic E-state index is 0.312. The van der Waals surface area contributed by atoms with Gasteiger partial charge in [-0.15, -0.1) is 0 Å². The second-order valence-corrected chi connectivity index (χ2v) is 4.84. The number of nitrogens with one attached hydrogen (secondary N) is 1. The fourth-order valence-corrected chi connectivity index (χ4v) is 1.44. The zero-order valence-corrected chi connectivity index (χ0v) is 10.9. The molecule has 0 bridgehead atoms. The SMILES string of the molecule is COCCNCC(C)(C)C(C)CCOC. The van der Waals surface area contributed by atoms with Crippen LogP contribution in [0.4, 0.5) is 0 Å². The van der Waals surface area contributed by atoms with Crippen LogP contribution < -0.4 is 5.32 Å². The van der Waals surface area contributed by atoms with E-state index in [0.717, 1.165) is 32.7 Å². The van der Waals surface area contributed by atoms with E-state index in [9.17, 15) is 0 Å². The first-order chi connectivity index (χ1) is 7.04. The molecular formula is C12H27NO2. The van der Waals surface area contributed by atoms with E-state index < -0.39 is 0 Å². The fourth-order valence-electron chi connectivity index (χ4n) is 1.44. The Morgan fingerprint density at radius 1 is 1.13 bits per heavy atom. The molecule has 1 atom stereocenters. The van der Waals surface area contributed by atoms with E-state index in [0.29, 0.717) is 11.3 Å². The van der Waals surface area contributed by atoms with Gasteiger partial charge in [0.05, 0.1) is 6.61 Å². The third-order valence-corrected chi connectivity index (χ3v) is 3.15. The van der Waals surface area contributed by atoms with Gasteiger partial charge in [-0.25, -0.2) is 0 Å². The standard InChI is InChI=1S/C12H27NO2/c1-11(6-8-14-4)12(2,3)10-13-7-9-15-5/h11,13H,6-10H2,1-5H3. The first-order valence-corrected chi connectivity index (χ1v) is 5.73. The van der Waals surface area contributed by atoms with Crippen LogP contribution >= 0.6 is 0 Å². The van der Waals surface area contributed by atoms with Gasteiger partial charge in [-0.3, -0.25) is 0 Å². The number of hydrogen-bond donors (Lipinski definition) is 1. The summed E-state index contributed by atoms with van der Waals surface area (Å²) < 4.78 is 10.1. The molecule has 1 N–H and O–H groups in total. The van der Waals surface area contributed by atoms with Crippen LogP contribution in [0.2, 0.25) is 0 Å². The number of hydrogen-bond acceptors (Lipinski definition) is 3. The summed E-state index contributed by atoms with van der Waals surface area (Å²) in [7, 11) is 3.49. The van der Waals surface area contributed by atoms with Crippen LogP contribution in [-0.4, -0.2) is 40.5 Å². The molecule has 0 aromatic carbocycles. The van der Waals surface area contributed by atoms with Gasteiger partial charge >= 0.3 is 0 Å². The smallest absolute Gasteiger partial charge is 0.0587 e. The van der Waals surface area contributed by atoms with Crippen molar-refractivity contribution in [2.24, 2.45) is 11.3 Å². The summed E-state index contributed by atoms with van der Waals surface area (Å²) in [6.07, 6.45) is 1.12. The molecule has 0 amide bonds. The highest BCUT2D eigenvalue weighted by Crippen LogP contribution is 2.28. The average Bonchev–Trinajstić information content (AvgIpc) is 2.21. The molecule has 0 saturated carbocycles. The van der Waals surface area contributed by atoms with E-state index in [1.807, 2.05) is 0 Å². The maximum absolute atomic E-state index is 5.11. The Bertz CT molecular complexity index is 149. The third-order valence-electron chi connectivity index (χ3n) is 3.15. The molecule has 3 nitrogen and oxygen atoms in total. The number of rotatable bonds is 9. The second-order valence-electron chi connectivity index (χ2n) is 4.84. The summed E-state index contributed by atoms with van der Waals surface area (Å²) in [4.78, 5) is 0. The predicted octanol–water partition coefficient (Wildman–Crippen LogP) is 1.92. The lowest BCUT2D eigenvalue weighted by Crippen LogP contribution is -2.36. The molecule has 15 heavy (non-hydrogen) atoms. The van der Waals surface area contributed by atoms with E-state index >= 15 is 0 Å². The minimum absolute atomic E-state index is 0.312. The Morgan fingerprint density at radius 3 is 2.27 bits per heavy atom. The molecule has 0 radical (unpaired) electrons. The van der Waals surface area contributed by atoms with Crippen LogP contribution in [0.3, 0.4) is 0 Å². The Kier molecular flexibility index (Phi) is 8.02. The molecule has 0 spiro atoms. The quantitative estimate of drug-likeness (QED) is 0.599. The highest BCUT2D eigenvalue weighted by molar-refractivity contribution is 4.77. The summed E-state index contributed by atoms with van der Waals surface area (Å²) in [5.41, 5.74) is 0.312. The van der Waals surface area contributed by atoms with Gasteiger partial charge in [0.15, 0.2) is 0 Å². The summed E-state index contributed by atoms with van der Waals surface area (Å²) >= 11 is 0. The Balaban J connectivity index is 3.72. The number of methoxy groups -OCH3 is 2. The van der Waals surface area contributed by atoms with E-state index in [-0.39, 0.29) is 0 Å². The normalized spacial score (nSPS) is 14.2. The first kappa shape index (κ1) is 14.9. The van der Waals surface area contributed by atoms with Crippen molar-refractivity contribution < 1.29 is 9.47 Å². The van der Waals surface area contributed by atoms with Gasteiger partial charge in [0.2, 0.25) is 0 Å². The van der Waals surface area contributed by atoms with E-state index in [2.05, 4.69) is 26.1 Å². The zero-order chi connectivity index (χ0) is 11.7. The molecule has 0 aliphatic carbocycles. The zero-order valence-electron chi connectivity index (χ0n) is 10.9. The Labute approximate surface area is 94.5 Å². The van der Waals surface area contributed by atoms with Crippen LogP contribution in [0.25, 0.3) is 0 Å². The van der Waals surface area contributed by atoms with E-state index in [4.69, 9.17) is 9.47 Å². The van der Waals surface area contributed by atoms with Crippen LogP contribution in [-0.2, 0) is 9.47 Å². The van der Waals surface area contributed by atoms with Crippen molar-refractivity contribution in [1.29, 1.82) is 0 Å². The van der Waals surface area contributed by atoms with Crippen LogP contribution in [0.15, 0.2) is 0 Å². The van der Waals surface area contributed by atoms with Crippen molar-refractivity contribution in [2.75, 3.05) is 40.5 Å². The van der Waals surface area contributed by atoms with Crippen LogP contribution in [0.1, 0.15) is 27.2 Å². The Morgan fingerprint density at radius 2 is 1.73 bits per heavy atom. The highest BCUT2D eigenvalue weighted by atomic mass is 16.5. The fraction of sp³-hybridized carbons (Fsp3) is 1.00. The molecule has 92 valence electrons. The maximum Gasteiger partial charge on any atom is 0.0587 e. The topological polar surface area (TPSA) is 30.5 Å². The Hall–Kier alpha value is -0.120. The van der Waals surface area contributed by atoms with E-state index in [1.165, 1.54) is 0 Å². The molecule has 0 heterocycles. The van der Waals surface area contributed by atoms with Crippen molar-refractivity contribution in [3.63, 3.8) is 0 Å². The number of ether oxygens (including phenoxy) is 2. The van der Waals surface area contributed by atoms with Gasteiger partial charge in [-0.05, 0) is 17.8 Å². The molecule has 0 aliphatic heterocycles. The second kappa shape index (κ2) is 8.08. The molecule has 0 aliphatic rings. The van der Waals surface area contributed by atoms with Gasteiger partial charge in [0, 0.05) is 33.9 Å². The van der Waals surface area contributed by atoms with Crippen molar-refractivity contribution in [3.05, 3.63) is 0 Å².